The van der Waals surface area contributed by atoms with Gasteiger partial charge in [0.1, 0.15) is 0 Å². The molecule has 164 valence electrons. The average Bonchev–Trinajstić information content (AvgIpc) is 3.16. The Labute approximate surface area is 183 Å². The van der Waals surface area contributed by atoms with Gasteiger partial charge in [0.25, 0.3) is 0 Å². The second kappa shape index (κ2) is 8.99. The number of aromatic nitrogens is 5. The van der Waals surface area contributed by atoms with Crippen LogP contribution in [0.2, 0.25) is 0 Å². The molecule has 0 spiro atoms. The van der Waals surface area contributed by atoms with Gasteiger partial charge in [-0.1, -0.05) is 19.9 Å². The van der Waals surface area contributed by atoms with E-state index in [1.54, 1.807) is 0 Å². The maximum absolute atomic E-state index is 13.3. The van der Waals surface area contributed by atoms with E-state index in [2.05, 4.69) is 44.2 Å². The Morgan fingerprint density at radius 3 is 2.71 bits per heavy atom. The van der Waals surface area contributed by atoms with Crippen molar-refractivity contribution >= 4 is 17.5 Å². The molecule has 4 heterocycles. The average molecular weight is 422 g/mol. The zero-order valence-electron chi connectivity index (χ0n) is 18.7. The zero-order chi connectivity index (χ0) is 22.0. The maximum Gasteiger partial charge on any atom is 0.225 e. The number of carbonyl (C=O) groups excluding carboxylic acids is 1. The smallest absolute Gasteiger partial charge is 0.225 e. The molecule has 0 aliphatic carbocycles. The van der Waals surface area contributed by atoms with Crippen molar-refractivity contribution in [3.8, 4) is 0 Å². The molecule has 1 aliphatic rings. The van der Waals surface area contributed by atoms with Crippen molar-refractivity contribution in [1.82, 2.24) is 29.9 Å². The van der Waals surface area contributed by atoms with Gasteiger partial charge in [0.2, 0.25) is 11.9 Å². The molecule has 3 aromatic heterocycles. The van der Waals surface area contributed by atoms with Crippen molar-refractivity contribution in [3.05, 3.63) is 47.7 Å². The van der Waals surface area contributed by atoms with Gasteiger partial charge in [-0.2, -0.15) is 0 Å². The SMILES string of the molecule is Cc1cc(C)nc(N2CCCC(C(=O)NC(CC(C)C)c3nnc4ccccn34)C2)n1. The van der Waals surface area contributed by atoms with E-state index >= 15 is 0 Å². The fourth-order valence-corrected chi connectivity index (χ4v) is 4.31. The van der Waals surface area contributed by atoms with E-state index < -0.39 is 0 Å². The molecule has 2 unspecified atom stereocenters. The Bertz CT molecular complexity index is 1040. The summed E-state index contributed by atoms with van der Waals surface area (Å²) in [5.74, 6) is 1.87. The largest absolute Gasteiger partial charge is 0.346 e. The summed E-state index contributed by atoms with van der Waals surface area (Å²) in [7, 11) is 0. The number of pyridine rings is 1. The van der Waals surface area contributed by atoms with Gasteiger partial charge in [-0.3, -0.25) is 9.20 Å². The maximum atomic E-state index is 13.3. The highest BCUT2D eigenvalue weighted by Gasteiger charge is 2.30. The molecule has 0 radical (unpaired) electrons. The van der Waals surface area contributed by atoms with Gasteiger partial charge in [0.15, 0.2) is 11.5 Å². The van der Waals surface area contributed by atoms with Crippen molar-refractivity contribution in [2.24, 2.45) is 11.8 Å². The summed E-state index contributed by atoms with van der Waals surface area (Å²) in [5.41, 5.74) is 2.69. The zero-order valence-corrected chi connectivity index (χ0v) is 18.7. The van der Waals surface area contributed by atoms with Crippen LogP contribution in [-0.2, 0) is 4.79 Å². The highest BCUT2D eigenvalue weighted by atomic mass is 16.2. The molecule has 0 aromatic carbocycles. The standard InChI is InChI=1S/C23H31N7O/c1-15(2)12-19(21-28-27-20-9-5-6-11-30(20)21)26-22(31)18-8-7-10-29(14-18)23-24-16(3)13-17(4)25-23/h5-6,9,11,13,15,18-19H,7-8,10,12,14H2,1-4H3,(H,26,31). The summed E-state index contributed by atoms with van der Waals surface area (Å²) in [5, 5.41) is 11.9. The van der Waals surface area contributed by atoms with Crippen LogP contribution in [0.4, 0.5) is 5.95 Å². The number of hydrogen-bond donors (Lipinski definition) is 1. The van der Waals surface area contributed by atoms with Crippen molar-refractivity contribution < 1.29 is 4.79 Å². The first-order valence-electron chi connectivity index (χ1n) is 11.1. The molecule has 31 heavy (non-hydrogen) atoms. The number of carbonyl (C=O) groups is 1. The fraction of sp³-hybridized carbons (Fsp3) is 0.522. The van der Waals surface area contributed by atoms with Crippen molar-refractivity contribution in [1.29, 1.82) is 0 Å². The number of hydrogen-bond acceptors (Lipinski definition) is 6. The van der Waals surface area contributed by atoms with Gasteiger partial charge >= 0.3 is 0 Å². The van der Waals surface area contributed by atoms with Crippen molar-refractivity contribution in [3.63, 3.8) is 0 Å². The van der Waals surface area contributed by atoms with Crippen LogP contribution in [0.5, 0.6) is 0 Å². The molecule has 3 aromatic rings. The highest BCUT2D eigenvalue weighted by Crippen LogP contribution is 2.25. The number of nitrogens with zero attached hydrogens (tertiary/aromatic N) is 6. The Balaban J connectivity index is 1.51. The van der Waals surface area contributed by atoms with Crippen LogP contribution in [-0.4, -0.2) is 43.6 Å². The molecule has 8 heteroatoms. The number of amides is 1. The third-order valence-electron chi connectivity index (χ3n) is 5.72. The molecule has 1 fully saturated rings. The molecule has 1 amide bonds. The van der Waals surface area contributed by atoms with E-state index in [9.17, 15) is 4.79 Å². The fourth-order valence-electron chi connectivity index (χ4n) is 4.31. The number of rotatable bonds is 6. The minimum absolute atomic E-state index is 0.0624. The van der Waals surface area contributed by atoms with E-state index in [1.807, 2.05) is 48.7 Å². The van der Waals surface area contributed by atoms with E-state index in [4.69, 9.17) is 0 Å². The van der Waals surface area contributed by atoms with E-state index in [1.165, 1.54) is 0 Å². The Kier molecular flexibility index (Phi) is 6.15. The summed E-state index contributed by atoms with van der Waals surface area (Å²) >= 11 is 0. The van der Waals surface area contributed by atoms with Gasteiger partial charge in [-0.05, 0) is 57.2 Å². The summed E-state index contributed by atoms with van der Waals surface area (Å²) in [6.07, 6.45) is 4.56. The summed E-state index contributed by atoms with van der Waals surface area (Å²) < 4.78 is 1.96. The normalized spacial score (nSPS) is 17.8. The van der Waals surface area contributed by atoms with Gasteiger partial charge in [-0.15, -0.1) is 10.2 Å². The Hall–Kier alpha value is -3.03. The first-order chi connectivity index (χ1) is 14.9. The second-order valence-electron chi connectivity index (χ2n) is 8.91. The molecule has 1 N–H and O–H groups in total. The number of aryl methyl sites for hydroxylation is 2. The Morgan fingerprint density at radius 1 is 1.19 bits per heavy atom. The van der Waals surface area contributed by atoms with Crippen molar-refractivity contribution in [2.75, 3.05) is 18.0 Å². The third kappa shape index (κ3) is 4.84. The predicted molar refractivity (Wildman–Crippen MR) is 120 cm³/mol. The number of anilines is 1. The van der Waals surface area contributed by atoms with Crippen LogP contribution in [0.25, 0.3) is 5.65 Å². The number of piperidine rings is 1. The second-order valence-corrected chi connectivity index (χ2v) is 8.91. The monoisotopic (exact) mass is 421 g/mol. The van der Waals surface area contributed by atoms with E-state index in [0.29, 0.717) is 12.5 Å². The lowest BCUT2D eigenvalue weighted by atomic mass is 9.96. The van der Waals surface area contributed by atoms with Crippen LogP contribution >= 0.6 is 0 Å². The number of fused-ring (bicyclic) bond motifs is 1. The lowest BCUT2D eigenvalue weighted by molar-refractivity contribution is -0.126. The number of nitrogens with one attached hydrogen (secondary N) is 1. The lowest BCUT2D eigenvalue weighted by Gasteiger charge is -2.33. The van der Waals surface area contributed by atoms with Gasteiger partial charge in [-0.25, -0.2) is 9.97 Å². The lowest BCUT2D eigenvalue weighted by Crippen LogP contribution is -2.45. The summed E-state index contributed by atoms with van der Waals surface area (Å²) in [6, 6.07) is 7.61. The molecule has 2 atom stereocenters. The molecule has 0 saturated carbocycles. The molecule has 4 rings (SSSR count). The summed E-state index contributed by atoms with van der Waals surface area (Å²) in [4.78, 5) is 24.6. The Morgan fingerprint density at radius 2 is 1.97 bits per heavy atom. The third-order valence-corrected chi connectivity index (χ3v) is 5.72. The molecule has 0 bridgehead atoms. The van der Waals surface area contributed by atoms with Crippen LogP contribution in [0.1, 0.15) is 56.4 Å². The highest BCUT2D eigenvalue weighted by molar-refractivity contribution is 5.80. The van der Waals surface area contributed by atoms with E-state index in [0.717, 1.165) is 54.6 Å². The predicted octanol–water partition coefficient (Wildman–Crippen LogP) is 3.26. The topological polar surface area (TPSA) is 88.3 Å². The van der Waals surface area contributed by atoms with Crippen LogP contribution in [0, 0.1) is 25.7 Å². The van der Waals surface area contributed by atoms with Crippen LogP contribution in [0.3, 0.4) is 0 Å². The minimum atomic E-state index is -0.183. The molecule has 1 aliphatic heterocycles. The van der Waals surface area contributed by atoms with Crippen LogP contribution < -0.4 is 10.2 Å². The molecular formula is C23H31N7O. The van der Waals surface area contributed by atoms with Gasteiger partial charge in [0.05, 0.1) is 12.0 Å². The van der Waals surface area contributed by atoms with E-state index in [-0.39, 0.29) is 17.9 Å². The minimum Gasteiger partial charge on any atom is -0.346 e. The summed E-state index contributed by atoms with van der Waals surface area (Å²) in [6.45, 7) is 9.77. The molecule has 1 saturated heterocycles. The quantitative estimate of drug-likeness (QED) is 0.657. The molecule has 8 nitrogen and oxygen atoms in total. The van der Waals surface area contributed by atoms with Crippen molar-refractivity contribution in [2.45, 2.75) is 53.0 Å². The first kappa shape index (κ1) is 21.2. The van der Waals surface area contributed by atoms with Crippen LogP contribution in [0.15, 0.2) is 30.5 Å². The molecular weight excluding hydrogens is 390 g/mol. The first-order valence-corrected chi connectivity index (χ1v) is 11.1. The van der Waals surface area contributed by atoms with Gasteiger partial charge in [0, 0.05) is 30.7 Å². The van der Waals surface area contributed by atoms with Gasteiger partial charge < -0.3 is 10.2 Å².